The summed E-state index contributed by atoms with van der Waals surface area (Å²) < 4.78 is 4.45. The van der Waals surface area contributed by atoms with E-state index in [2.05, 4.69) is 31.6 Å². The Morgan fingerprint density at radius 1 is 1.13 bits per heavy atom. The van der Waals surface area contributed by atoms with Crippen molar-refractivity contribution in [2.45, 2.75) is 33.6 Å². The number of aliphatic hydroxyl groups is 1. The summed E-state index contributed by atoms with van der Waals surface area (Å²) >= 11 is 0. The van der Waals surface area contributed by atoms with E-state index in [1.165, 1.54) is 24.3 Å². The van der Waals surface area contributed by atoms with Gasteiger partial charge in [-0.15, -0.1) is 0 Å². The lowest BCUT2D eigenvalue weighted by molar-refractivity contribution is -0.134. The van der Waals surface area contributed by atoms with Crippen molar-refractivity contribution < 1.29 is 14.6 Å². The van der Waals surface area contributed by atoms with Gasteiger partial charge in [-0.3, -0.25) is 0 Å². The van der Waals surface area contributed by atoms with E-state index in [1.807, 2.05) is 36.4 Å². The van der Waals surface area contributed by atoms with Crippen molar-refractivity contribution in [3.05, 3.63) is 65.3 Å². The number of hydrogen-bond donors (Lipinski definition) is 1. The van der Waals surface area contributed by atoms with Crippen LogP contribution in [0.4, 0.5) is 0 Å². The molecule has 0 saturated carbocycles. The maximum Gasteiger partial charge on any atom is 0.330 e. The van der Waals surface area contributed by atoms with Crippen molar-refractivity contribution in [3.63, 3.8) is 0 Å². The zero-order valence-corrected chi connectivity index (χ0v) is 14.6. The van der Waals surface area contributed by atoms with E-state index < -0.39 is 0 Å². The molecule has 0 fully saturated rings. The Balaban J connectivity index is 0.000000423. The second-order valence-electron chi connectivity index (χ2n) is 5.32. The molecule has 0 bridgehead atoms. The number of benzene rings is 1. The van der Waals surface area contributed by atoms with E-state index in [4.69, 9.17) is 5.11 Å². The molecule has 0 aromatic heterocycles. The van der Waals surface area contributed by atoms with Crippen molar-refractivity contribution in [1.29, 1.82) is 0 Å². The van der Waals surface area contributed by atoms with Crippen LogP contribution in [-0.2, 0) is 9.53 Å². The number of esters is 1. The highest BCUT2D eigenvalue weighted by Crippen LogP contribution is 2.05. The third kappa shape index (κ3) is 13.3. The molecule has 3 nitrogen and oxygen atoms in total. The number of allylic oxidation sites excluding steroid dienone is 3. The molecule has 3 heteroatoms. The number of ether oxygens (including phenoxy) is 1. The van der Waals surface area contributed by atoms with Crippen LogP contribution in [0.2, 0.25) is 0 Å². The maximum atomic E-state index is 10.7. The maximum absolute atomic E-state index is 10.7. The van der Waals surface area contributed by atoms with Crippen LogP contribution in [0.25, 0.3) is 6.08 Å². The van der Waals surface area contributed by atoms with Gasteiger partial charge in [0.05, 0.1) is 13.7 Å². The monoisotopic (exact) mass is 316 g/mol. The summed E-state index contributed by atoms with van der Waals surface area (Å²) in [6.07, 6.45) is 9.34. The first-order valence-electron chi connectivity index (χ1n) is 7.70. The third-order valence-electron chi connectivity index (χ3n) is 2.94. The molecule has 0 radical (unpaired) electrons. The molecule has 1 aromatic carbocycles. The Morgan fingerprint density at radius 3 is 2.30 bits per heavy atom. The Kier molecular flexibility index (Phi) is 12.3. The fourth-order valence-corrected chi connectivity index (χ4v) is 1.64. The summed E-state index contributed by atoms with van der Waals surface area (Å²) in [4.78, 5) is 10.7. The second kappa shape index (κ2) is 13.5. The molecule has 0 unspecified atom stereocenters. The number of aliphatic hydroxyl groups excluding tert-OH is 1. The molecular weight excluding hydrogens is 288 g/mol. The van der Waals surface area contributed by atoms with Crippen LogP contribution in [0.15, 0.2) is 59.7 Å². The summed E-state index contributed by atoms with van der Waals surface area (Å²) in [6, 6.07) is 9.59. The molecule has 0 aliphatic rings. The van der Waals surface area contributed by atoms with E-state index in [-0.39, 0.29) is 12.6 Å². The topological polar surface area (TPSA) is 46.5 Å². The van der Waals surface area contributed by atoms with Gasteiger partial charge in [0.15, 0.2) is 0 Å². The zero-order valence-electron chi connectivity index (χ0n) is 14.6. The predicted molar refractivity (Wildman–Crippen MR) is 97.0 cm³/mol. The SMILES string of the molecule is CC(C)=CCCC(C)=CCO.COC(=O)C=Cc1ccccc1. The van der Waals surface area contributed by atoms with Crippen LogP contribution >= 0.6 is 0 Å². The van der Waals surface area contributed by atoms with Gasteiger partial charge in [0.2, 0.25) is 0 Å². The number of carbonyl (C=O) groups is 1. The average Bonchev–Trinajstić information content (AvgIpc) is 2.54. The first kappa shape index (κ1) is 20.9. The van der Waals surface area contributed by atoms with Crippen LogP contribution < -0.4 is 0 Å². The molecule has 0 amide bonds. The lowest BCUT2D eigenvalue weighted by Crippen LogP contribution is -1.92. The molecule has 23 heavy (non-hydrogen) atoms. The summed E-state index contributed by atoms with van der Waals surface area (Å²) in [5, 5.41) is 8.55. The van der Waals surface area contributed by atoms with Crippen LogP contribution in [0.3, 0.4) is 0 Å². The number of carbonyl (C=O) groups excluding carboxylic acids is 1. The summed E-state index contributed by atoms with van der Waals surface area (Å²) in [5.41, 5.74) is 3.62. The molecule has 0 saturated heterocycles. The first-order valence-corrected chi connectivity index (χ1v) is 7.70. The Bertz CT molecular complexity index is 521. The summed E-state index contributed by atoms with van der Waals surface area (Å²) in [5.74, 6) is -0.334. The normalized spacial score (nSPS) is 10.7. The minimum atomic E-state index is -0.334. The van der Waals surface area contributed by atoms with E-state index in [1.54, 1.807) is 6.08 Å². The molecule has 0 aliphatic carbocycles. The molecule has 1 aromatic rings. The van der Waals surface area contributed by atoms with Crippen LogP contribution in [-0.4, -0.2) is 24.8 Å². The fraction of sp³-hybridized carbons (Fsp3) is 0.350. The minimum Gasteiger partial charge on any atom is -0.466 e. The van der Waals surface area contributed by atoms with E-state index in [0.29, 0.717) is 0 Å². The van der Waals surface area contributed by atoms with Crippen molar-refractivity contribution in [1.82, 2.24) is 0 Å². The Morgan fingerprint density at radius 2 is 1.78 bits per heavy atom. The summed E-state index contributed by atoms with van der Waals surface area (Å²) in [7, 11) is 1.36. The zero-order chi connectivity index (χ0) is 17.5. The van der Waals surface area contributed by atoms with Gasteiger partial charge in [-0.2, -0.15) is 0 Å². The largest absolute Gasteiger partial charge is 0.466 e. The van der Waals surface area contributed by atoms with Crippen molar-refractivity contribution >= 4 is 12.0 Å². The molecule has 0 heterocycles. The lowest BCUT2D eigenvalue weighted by atomic mass is 10.1. The van der Waals surface area contributed by atoms with Gasteiger partial charge in [-0.25, -0.2) is 4.79 Å². The summed E-state index contributed by atoms with van der Waals surface area (Å²) in [6.45, 7) is 6.42. The van der Waals surface area contributed by atoms with Gasteiger partial charge in [-0.1, -0.05) is 53.6 Å². The first-order chi connectivity index (χ1) is 11.0. The molecule has 1 N–H and O–H groups in total. The van der Waals surface area contributed by atoms with Gasteiger partial charge in [0.25, 0.3) is 0 Å². The molecular formula is C20H28O3. The highest BCUT2D eigenvalue weighted by atomic mass is 16.5. The Hall–Kier alpha value is -2.13. The average molecular weight is 316 g/mol. The highest BCUT2D eigenvalue weighted by Gasteiger charge is 1.90. The smallest absolute Gasteiger partial charge is 0.330 e. The minimum absolute atomic E-state index is 0.167. The highest BCUT2D eigenvalue weighted by molar-refractivity contribution is 5.86. The number of hydrogen-bond acceptors (Lipinski definition) is 3. The quantitative estimate of drug-likeness (QED) is 0.476. The number of rotatable bonds is 6. The van der Waals surface area contributed by atoms with Gasteiger partial charge in [-0.05, 0) is 45.3 Å². The van der Waals surface area contributed by atoms with E-state index in [0.717, 1.165) is 18.4 Å². The van der Waals surface area contributed by atoms with E-state index in [9.17, 15) is 4.79 Å². The molecule has 126 valence electrons. The molecule has 0 aliphatic heterocycles. The molecule has 0 spiro atoms. The third-order valence-corrected chi connectivity index (χ3v) is 2.94. The van der Waals surface area contributed by atoms with Crippen molar-refractivity contribution in [2.75, 3.05) is 13.7 Å². The van der Waals surface area contributed by atoms with Crippen LogP contribution in [0, 0.1) is 0 Å². The van der Waals surface area contributed by atoms with Crippen molar-refractivity contribution in [3.8, 4) is 0 Å². The van der Waals surface area contributed by atoms with Gasteiger partial charge < -0.3 is 9.84 Å². The fourth-order valence-electron chi connectivity index (χ4n) is 1.64. The van der Waals surface area contributed by atoms with E-state index >= 15 is 0 Å². The molecule has 1 rings (SSSR count). The lowest BCUT2D eigenvalue weighted by Gasteiger charge is -1.96. The Labute approximate surface area is 140 Å². The van der Waals surface area contributed by atoms with Crippen LogP contribution in [0.5, 0.6) is 0 Å². The van der Waals surface area contributed by atoms with Crippen LogP contribution in [0.1, 0.15) is 39.2 Å². The van der Waals surface area contributed by atoms with Gasteiger partial charge in [0, 0.05) is 6.08 Å². The van der Waals surface area contributed by atoms with Gasteiger partial charge in [0.1, 0.15) is 0 Å². The second-order valence-corrected chi connectivity index (χ2v) is 5.32. The molecule has 0 atom stereocenters. The number of methoxy groups -OCH3 is 1. The standard InChI is InChI=1S/C10H10O2.C10H18O/c1-12-10(11)8-7-9-5-3-2-4-6-9;1-9(2)5-4-6-10(3)7-8-11/h2-8H,1H3;5,7,11H,4,6,8H2,1-3H3. The van der Waals surface area contributed by atoms with Gasteiger partial charge >= 0.3 is 5.97 Å². The van der Waals surface area contributed by atoms with Crippen molar-refractivity contribution in [2.24, 2.45) is 0 Å². The predicted octanol–water partition coefficient (Wildman–Crippen LogP) is 4.54.